The predicted molar refractivity (Wildman–Crippen MR) is 120 cm³/mol. The van der Waals surface area contributed by atoms with E-state index in [0.29, 0.717) is 29.1 Å². The summed E-state index contributed by atoms with van der Waals surface area (Å²) in [6, 6.07) is 12.2. The van der Waals surface area contributed by atoms with E-state index in [4.69, 9.17) is 17.0 Å². The van der Waals surface area contributed by atoms with Crippen LogP contribution >= 0.6 is 23.6 Å². The minimum absolute atomic E-state index is 0.302. The number of carbonyl (C=O) groups is 1. The van der Waals surface area contributed by atoms with Crippen molar-refractivity contribution in [3.63, 3.8) is 0 Å². The Hall–Kier alpha value is -1.92. The smallest absolute Gasteiger partial charge is 0.341 e. The topological polar surface area (TPSA) is 41.6 Å². The van der Waals surface area contributed by atoms with Crippen molar-refractivity contribution >= 4 is 39.6 Å². The lowest BCUT2D eigenvalue weighted by molar-refractivity contribution is 0.0528. The molecule has 0 aliphatic carbocycles. The summed E-state index contributed by atoms with van der Waals surface area (Å²) in [5, 5.41) is 4.81. The van der Waals surface area contributed by atoms with Gasteiger partial charge in [0, 0.05) is 24.4 Å². The molecule has 1 fully saturated rings. The molecule has 1 aromatic heterocycles. The Morgan fingerprint density at radius 2 is 1.93 bits per heavy atom. The highest BCUT2D eigenvalue weighted by atomic mass is 32.1. The van der Waals surface area contributed by atoms with Crippen molar-refractivity contribution in [3.8, 4) is 0 Å². The molecule has 0 spiro atoms. The first kappa shape index (κ1) is 20.8. The third-order valence-electron chi connectivity index (χ3n) is 4.88. The van der Waals surface area contributed by atoms with Crippen molar-refractivity contribution in [3.05, 3.63) is 52.4 Å². The fourth-order valence-corrected chi connectivity index (χ4v) is 5.18. The maximum atomic E-state index is 12.5. The molecular formula is C22H28N2O2S2. The number of hydrogen-bond acceptors (Lipinski definition) is 4. The molecule has 150 valence electrons. The molecule has 28 heavy (non-hydrogen) atoms. The lowest BCUT2D eigenvalue weighted by atomic mass is 9.92. The Kier molecular flexibility index (Phi) is 7.08. The summed E-state index contributed by atoms with van der Waals surface area (Å²) in [5.41, 5.74) is 1.78. The molecule has 1 N–H and O–H groups in total. The van der Waals surface area contributed by atoms with Gasteiger partial charge in [0.1, 0.15) is 5.00 Å². The average Bonchev–Trinajstić information content (AvgIpc) is 3.04. The molecule has 4 nitrogen and oxygen atoms in total. The lowest BCUT2D eigenvalue weighted by Gasteiger charge is -2.36. The van der Waals surface area contributed by atoms with Gasteiger partial charge in [-0.25, -0.2) is 4.79 Å². The number of esters is 1. The van der Waals surface area contributed by atoms with Crippen LogP contribution in [0.4, 0.5) is 5.00 Å². The predicted octanol–water partition coefficient (Wildman–Crippen LogP) is 5.19. The first-order valence-corrected chi connectivity index (χ1v) is 11.1. The SMILES string of the molecule is CCOC(=O)c1cc(Cc2ccccc2)sc1NC(=S)N1CC(C)CC(C)C1. The molecule has 2 heterocycles. The molecule has 0 bridgehead atoms. The van der Waals surface area contributed by atoms with Crippen LogP contribution in [-0.2, 0) is 11.2 Å². The zero-order valence-corrected chi connectivity index (χ0v) is 18.4. The molecule has 1 saturated heterocycles. The molecular weight excluding hydrogens is 388 g/mol. The maximum absolute atomic E-state index is 12.5. The maximum Gasteiger partial charge on any atom is 0.341 e. The van der Waals surface area contributed by atoms with Gasteiger partial charge >= 0.3 is 5.97 Å². The second kappa shape index (κ2) is 9.52. The highest BCUT2D eigenvalue weighted by Gasteiger charge is 2.25. The summed E-state index contributed by atoms with van der Waals surface area (Å²) < 4.78 is 5.26. The number of thiocarbonyl (C=S) groups is 1. The summed E-state index contributed by atoms with van der Waals surface area (Å²) in [4.78, 5) is 15.8. The van der Waals surface area contributed by atoms with Gasteiger partial charge in [-0.2, -0.15) is 0 Å². The van der Waals surface area contributed by atoms with Crippen molar-refractivity contribution in [1.29, 1.82) is 0 Å². The van der Waals surface area contributed by atoms with E-state index in [0.717, 1.165) is 29.4 Å². The van der Waals surface area contributed by atoms with Gasteiger partial charge in [-0.15, -0.1) is 11.3 Å². The first-order chi connectivity index (χ1) is 13.5. The largest absolute Gasteiger partial charge is 0.462 e. The van der Waals surface area contributed by atoms with E-state index < -0.39 is 0 Å². The molecule has 0 radical (unpaired) electrons. The number of ether oxygens (including phenoxy) is 1. The molecule has 0 saturated carbocycles. The van der Waals surface area contributed by atoms with Crippen LogP contribution in [0.3, 0.4) is 0 Å². The number of benzene rings is 1. The van der Waals surface area contributed by atoms with E-state index in [1.54, 1.807) is 11.3 Å². The highest BCUT2D eigenvalue weighted by molar-refractivity contribution is 7.80. The molecule has 0 amide bonds. The van der Waals surface area contributed by atoms with Crippen LogP contribution in [0.25, 0.3) is 0 Å². The van der Waals surface area contributed by atoms with Gasteiger partial charge in [-0.3, -0.25) is 0 Å². The van der Waals surface area contributed by atoms with Crippen molar-refractivity contribution in [2.45, 2.75) is 33.6 Å². The zero-order valence-electron chi connectivity index (χ0n) is 16.7. The van der Waals surface area contributed by atoms with E-state index in [-0.39, 0.29) is 5.97 Å². The lowest BCUT2D eigenvalue weighted by Crippen LogP contribution is -2.44. The summed E-state index contributed by atoms with van der Waals surface area (Å²) in [7, 11) is 0. The summed E-state index contributed by atoms with van der Waals surface area (Å²) >= 11 is 7.26. The molecule has 6 heteroatoms. The Morgan fingerprint density at radius 3 is 2.57 bits per heavy atom. The highest BCUT2D eigenvalue weighted by Crippen LogP contribution is 2.31. The van der Waals surface area contributed by atoms with Gasteiger partial charge in [-0.05, 0) is 49.0 Å². The third kappa shape index (κ3) is 5.32. The van der Waals surface area contributed by atoms with Crippen molar-refractivity contribution < 1.29 is 9.53 Å². The number of anilines is 1. The fourth-order valence-electron chi connectivity index (χ4n) is 3.78. The van der Waals surface area contributed by atoms with Crippen molar-refractivity contribution in [1.82, 2.24) is 4.90 Å². The molecule has 2 unspecified atom stereocenters. The normalized spacial score (nSPS) is 19.3. The number of hydrogen-bond donors (Lipinski definition) is 1. The Labute approximate surface area is 176 Å². The number of likely N-dealkylation sites (tertiary alicyclic amines) is 1. The average molecular weight is 417 g/mol. The monoisotopic (exact) mass is 416 g/mol. The minimum Gasteiger partial charge on any atom is -0.462 e. The molecule has 3 rings (SSSR count). The Balaban J connectivity index is 1.79. The molecule has 1 aliphatic heterocycles. The van der Waals surface area contributed by atoms with E-state index in [1.807, 2.05) is 31.2 Å². The second-order valence-corrected chi connectivity index (χ2v) is 9.14. The van der Waals surface area contributed by atoms with Crippen LogP contribution in [0.5, 0.6) is 0 Å². The van der Waals surface area contributed by atoms with E-state index in [2.05, 4.69) is 36.2 Å². The zero-order chi connectivity index (χ0) is 20.1. The van der Waals surface area contributed by atoms with Gasteiger partial charge in [0.2, 0.25) is 0 Å². The number of carbonyl (C=O) groups excluding carboxylic acids is 1. The minimum atomic E-state index is -0.302. The molecule has 1 aromatic carbocycles. The van der Waals surface area contributed by atoms with Crippen LogP contribution < -0.4 is 5.32 Å². The van der Waals surface area contributed by atoms with Gasteiger partial charge in [0.25, 0.3) is 0 Å². The van der Waals surface area contributed by atoms with Crippen LogP contribution in [0, 0.1) is 11.8 Å². The second-order valence-electron chi connectivity index (χ2n) is 7.62. The van der Waals surface area contributed by atoms with E-state index in [1.165, 1.54) is 12.0 Å². The van der Waals surface area contributed by atoms with Crippen LogP contribution in [-0.4, -0.2) is 35.7 Å². The van der Waals surface area contributed by atoms with Crippen LogP contribution in [0.1, 0.15) is 48.0 Å². The first-order valence-electron chi connectivity index (χ1n) is 9.86. The third-order valence-corrected chi connectivity index (χ3v) is 6.29. The van der Waals surface area contributed by atoms with Gasteiger partial charge in [-0.1, -0.05) is 44.2 Å². The van der Waals surface area contributed by atoms with Crippen LogP contribution in [0.2, 0.25) is 0 Å². The quantitative estimate of drug-likeness (QED) is 0.537. The number of thiophene rings is 1. The number of nitrogens with zero attached hydrogens (tertiary/aromatic N) is 1. The van der Waals surface area contributed by atoms with Gasteiger partial charge in [0.05, 0.1) is 12.2 Å². The van der Waals surface area contributed by atoms with Crippen molar-refractivity contribution in [2.24, 2.45) is 11.8 Å². The van der Waals surface area contributed by atoms with Gasteiger partial charge in [0.15, 0.2) is 5.11 Å². The number of rotatable bonds is 5. The van der Waals surface area contributed by atoms with Crippen molar-refractivity contribution in [2.75, 3.05) is 25.0 Å². The Morgan fingerprint density at radius 1 is 1.25 bits per heavy atom. The summed E-state index contributed by atoms with van der Waals surface area (Å²) in [6.07, 6.45) is 2.01. The standard InChI is InChI=1S/C22H28N2O2S2/c1-4-26-21(25)19-12-18(11-17-8-6-5-7-9-17)28-20(19)23-22(27)24-13-15(2)10-16(3)14-24/h5-9,12,15-16H,4,10-11,13-14H2,1-3H3,(H,23,27). The van der Waals surface area contributed by atoms with Gasteiger partial charge < -0.3 is 15.0 Å². The molecule has 2 atom stereocenters. The number of piperidine rings is 1. The molecule has 2 aromatic rings. The van der Waals surface area contributed by atoms with E-state index in [9.17, 15) is 4.79 Å². The fraction of sp³-hybridized carbons (Fsp3) is 0.455. The molecule has 1 aliphatic rings. The Bertz CT molecular complexity index is 809. The summed E-state index contributed by atoms with van der Waals surface area (Å²) in [6.45, 7) is 8.61. The number of nitrogens with one attached hydrogen (secondary N) is 1. The van der Waals surface area contributed by atoms with E-state index >= 15 is 0 Å². The summed E-state index contributed by atoms with van der Waals surface area (Å²) in [5.74, 6) is 0.929. The van der Waals surface area contributed by atoms with Crippen LogP contribution in [0.15, 0.2) is 36.4 Å².